The molecule has 6 heteroatoms. The van der Waals surface area contributed by atoms with E-state index in [9.17, 15) is 9.59 Å². The van der Waals surface area contributed by atoms with E-state index in [1.165, 1.54) is 11.3 Å². The van der Waals surface area contributed by atoms with Gasteiger partial charge in [-0.05, 0) is 61.2 Å². The number of hydrogen-bond donors (Lipinski definition) is 1. The molecule has 1 aromatic heterocycles. The number of para-hydroxylation sites is 1. The topological polar surface area (TPSA) is 75.8 Å². The fourth-order valence-corrected chi connectivity index (χ4v) is 4.69. The lowest BCUT2D eigenvalue weighted by Gasteiger charge is -2.23. The Morgan fingerprint density at radius 1 is 1.00 bits per heavy atom. The van der Waals surface area contributed by atoms with Crippen LogP contribution in [0.2, 0.25) is 0 Å². The Kier molecular flexibility index (Phi) is 4.28. The maximum absolute atomic E-state index is 13.2. The van der Waals surface area contributed by atoms with Crippen molar-refractivity contribution in [3.8, 4) is 10.4 Å². The largest absolute Gasteiger partial charge is 0.399 e. The first-order valence-electron chi connectivity index (χ1n) is 9.60. The highest BCUT2D eigenvalue weighted by Crippen LogP contribution is 2.42. The molecule has 1 aliphatic carbocycles. The van der Waals surface area contributed by atoms with Crippen molar-refractivity contribution in [3.05, 3.63) is 70.6 Å². The van der Waals surface area contributed by atoms with Crippen LogP contribution in [0.4, 0.5) is 11.4 Å². The molecule has 29 heavy (non-hydrogen) atoms. The smallest absolute Gasteiger partial charge is 0.286 e. The van der Waals surface area contributed by atoms with E-state index in [1.807, 2.05) is 35.2 Å². The average molecular weight is 401 g/mol. The number of hydrogen-bond acceptors (Lipinski definition) is 4. The van der Waals surface area contributed by atoms with Crippen molar-refractivity contribution in [3.63, 3.8) is 0 Å². The van der Waals surface area contributed by atoms with E-state index in [1.54, 1.807) is 24.3 Å². The van der Waals surface area contributed by atoms with Crippen molar-refractivity contribution >= 4 is 40.2 Å². The summed E-state index contributed by atoms with van der Waals surface area (Å²) >= 11 is 1.47. The molecular formula is C23H19N3O2S. The Morgan fingerprint density at radius 3 is 2.52 bits per heavy atom. The van der Waals surface area contributed by atoms with Gasteiger partial charge in [0.1, 0.15) is 0 Å². The molecule has 0 saturated heterocycles. The van der Waals surface area contributed by atoms with Crippen molar-refractivity contribution in [1.29, 1.82) is 0 Å². The molecule has 2 heterocycles. The first-order valence-corrected chi connectivity index (χ1v) is 10.4. The van der Waals surface area contributed by atoms with Gasteiger partial charge in [-0.3, -0.25) is 9.59 Å². The molecule has 2 aromatic carbocycles. The van der Waals surface area contributed by atoms with E-state index in [0.29, 0.717) is 29.1 Å². The Morgan fingerprint density at radius 2 is 1.76 bits per heavy atom. The van der Waals surface area contributed by atoms with E-state index >= 15 is 0 Å². The molecule has 144 valence electrons. The monoisotopic (exact) mass is 401 g/mol. The van der Waals surface area contributed by atoms with Gasteiger partial charge in [0.15, 0.2) is 0 Å². The van der Waals surface area contributed by atoms with Crippen LogP contribution in [-0.4, -0.2) is 24.1 Å². The molecule has 5 rings (SSSR count). The summed E-state index contributed by atoms with van der Waals surface area (Å²) in [5.74, 6) is -0.202. The molecule has 0 radical (unpaired) electrons. The van der Waals surface area contributed by atoms with E-state index in [0.717, 1.165) is 40.2 Å². The quantitative estimate of drug-likeness (QED) is 0.639. The van der Waals surface area contributed by atoms with Gasteiger partial charge < -0.3 is 10.6 Å². The van der Waals surface area contributed by atoms with E-state index in [4.69, 9.17) is 5.73 Å². The summed E-state index contributed by atoms with van der Waals surface area (Å²) in [6.45, 7) is 0.548. The molecule has 0 spiro atoms. The zero-order chi connectivity index (χ0) is 20.0. The molecule has 0 atom stereocenters. The van der Waals surface area contributed by atoms with Crippen molar-refractivity contribution in [1.82, 2.24) is 0 Å². The van der Waals surface area contributed by atoms with Gasteiger partial charge in [0.05, 0.1) is 10.6 Å². The first kappa shape index (κ1) is 17.8. The number of benzene rings is 2. The highest BCUT2D eigenvalue weighted by Gasteiger charge is 2.27. The fourth-order valence-electron chi connectivity index (χ4n) is 3.56. The standard InChI is InChI=1S/C23H19N3O2S/c24-16-7-5-14(6-8-16)23(28)26-12-11-15-13-20(22(27)25-17-9-10-17)29-21(15)18-3-1-2-4-19(18)26/h1-8,13H,9-12,24H2. The zero-order valence-electron chi connectivity index (χ0n) is 15.7. The van der Waals surface area contributed by atoms with Crippen molar-refractivity contribution in [2.24, 2.45) is 4.99 Å². The second kappa shape index (κ2) is 6.97. The molecule has 0 unspecified atom stereocenters. The molecule has 1 aliphatic heterocycles. The van der Waals surface area contributed by atoms with Crippen LogP contribution in [0.1, 0.15) is 38.4 Å². The minimum absolute atomic E-state index is 0.0518. The number of carbonyl (C=O) groups excluding carboxylic acids is 2. The number of anilines is 2. The third-order valence-corrected chi connectivity index (χ3v) is 6.40. The molecule has 3 aromatic rings. The third kappa shape index (κ3) is 3.36. The second-order valence-corrected chi connectivity index (χ2v) is 8.35. The Bertz CT molecular complexity index is 1160. The molecule has 5 nitrogen and oxygen atoms in total. The van der Waals surface area contributed by atoms with Gasteiger partial charge in [0, 0.05) is 33.9 Å². The summed E-state index contributed by atoms with van der Waals surface area (Å²) in [6.07, 6.45) is 2.55. The first-order chi connectivity index (χ1) is 14.1. The van der Waals surface area contributed by atoms with E-state index in [-0.39, 0.29) is 11.8 Å². The minimum Gasteiger partial charge on any atom is -0.399 e. The van der Waals surface area contributed by atoms with Gasteiger partial charge in [0.25, 0.3) is 11.8 Å². The van der Waals surface area contributed by atoms with Crippen LogP contribution in [0.3, 0.4) is 0 Å². The van der Waals surface area contributed by atoms with Gasteiger partial charge in [0.2, 0.25) is 0 Å². The fraction of sp³-hybridized carbons (Fsp3) is 0.174. The number of nitrogens with zero attached hydrogens (tertiary/aromatic N) is 2. The molecule has 2 aliphatic rings. The van der Waals surface area contributed by atoms with Crippen LogP contribution in [0, 0.1) is 0 Å². The normalized spacial score (nSPS) is 14.6. The molecule has 2 N–H and O–H groups in total. The van der Waals surface area contributed by atoms with Crippen molar-refractivity contribution < 1.29 is 9.59 Å². The lowest BCUT2D eigenvalue weighted by Crippen LogP contribution is -2.32. The Balaban J connectivity index is 1.54. The van der Waals surface area contributed by atoms with Gasteiger partial charge in [-0.2, -0.15) is 0 Å². The van der Waals surface area contributed by atoms with Gasteiger partial charge in [-0.15, -0.1) is 11.3 Å². The number of amides is 2. The van der Waals surface area contributed by atoms with Crippen LogP contribution in [0.5, 0.6) is 0 Å². The number of carbonyl (C=O) groups is 2. The molecule has 0 bridgehead atoms. The van der Waals surface area contributed by atoms with Gasteiger partial charge in [-0.1, -0.05) is 18.2 Å². The van der Waals surface area contributed by atoms with Crippen LogP contribution in [0.15, 0.2) is 59.6 Å². The number of thiophene rings is 1. The van der Waals surface area contributed by atoms with Crippen molar-refractivity contribution in [2.45, 2.75) is 19.3 Å². The second-order valence-electron chi connectivity index (χ2n) is 7.29. The van der Waals surface area contributed by atoms with Gasteiger partial charge in [-0.25, -0.2) is 4.99 Å². The Labute approximate surface area is 172 Å². The lowest BCUT2D eigenvalue weighted by molar-refractivity contribution is 0.0984. The maximum Gasteiger partial charge on any atom is 0.286 e. The predicted octanol–water partition coefficient (Wildman–Crippen LogP) is 4.58. The van der Waals surface area contributed by atoms with Crippen LogP contribution >= 0.6 is 11.3 Å². The average Bonchev–Trinajstić information content (AvgIpc) is 3.47. The summed E-state index contributed by atoms with van der Waals surface area (Å²) < 4.78 is 0. The van der Waals surface area contributed by atoms with Crippen LogP contribution in [-0.2, 0) is 6.42 Å². The molecular weight excluding hydrogens is 382 g/mol. The summed E-state index contributed by atoms with van der Waals surface area (Å²) in [6, 6.07) is 16.8. The molecule has 2 amide bonds. The van der Waals surface area contributed by atoms with Crippen LogP contribution < -0.4 is 10.6 Å². The molecule has 1 fully saturated rings. The van der Waals surface area contributed by atoms with E-state index < -0.39 is 0 Å². The van der Waals surface area contributed by atoms with Gasteiger partial charge >= 0.3 is 0 Å². The van der Waals surface area contributed by atoms with Crippen molar-refractivity contribution in [2.75, 3.05) is 17.2 Å². The number of nitrogen functional groups attached to an aromatic ring is 1. The van der Waals surface area contributed by atoms with E-state index in [2.05, 4.69) is 4.99 Å². The third-order valence-electron chi connectivity index (χ3n) is 5.20. The Hall–Kier alpha value is -3.25. The van der Waals surface area contributed by atoms with Crippen LogP contribution in [0.25, 0.3) is 10.4 Å². The minimum atomic E-state index is -0.150. The summed E-state index contributed by atoms with van der Waals surface area (Å²) in [4.78, 5) is 33.4. The predicted molar refractivity (Wildman–Crippen MR) is 117 cm³/mol. The number of nitrogens with two attached hydrogens (primary N) is 1. The number of rotatable bonds is 2. The summed E-state index contributed by atoms with van der Waals surface area (Å²) in [5.41, 5.74) is 10.9. The SMILES string of the molecule is Nc1ccc(C(=O)N2CCc3cc(C(=O)N=C4CC4)sc3-c3ccccc32)cc1. The highest BCUT2D eigenvalue weighted by molar-refractivity contribution is 7.17. The summed E-state index contributed by atoms with van der Waals surface area (Å²) in [5, 5.41) is 0. The number of fused-ring (bicyclic) bond motifs is 3. The maximum atomic E-state index is 13.2. The lowest BCUT2D eigenvalue weighted by atomic mass is 10.1. The zero-order valence-corrected chi connectivity index (χ0v) is 16.5. The summed E-state index contributed by atoms with van der Waals surface area (Å²) in [7, 11) is 0. The highest BCUT2D eigenvalue weighted by atomic mass is 32.1. The molecule has 1 saturated carbocycles. The number of aliphatic imine (C=N–C) groups is 1.